The van der Waals surface area contributed by atoms with Gasteiger partial charge in [0.25, 0.3) is 5.56 Å². The molecule has 0 radical (unpaired) electrons. The van der Waals surface area contributed by atoms with E-state index in [0.717, 1.165) is 36.4 Å². The van der Waals surface area contributed by atoms with Gasteiger partial charge in [-0.05, 0) is 18.2 Å². The molecule has 1 aliphatic rings. The maximum atomic E-state index is 13.9. The number of imidazole rings is 1. The van der Waals surface area contributed by atoms with Crippen molar-refractivity contribution in [2.75, 3.05) is 36.4 Å². The quantitative estimate of drug-likeness (QED) is 0.414. The first kappa shape index (κ1) is 24.4. The average molecular weight is 507 g/mol. The Labute approximate surface area is 211 Å². The molecule has 4 heterocycles. The van der Waals surface area contributed by atoms with E-state index in [1.54, 1.807) is 18.3 Å². The molecular formula is C25H27FN8O3. The highest BCUT2D eigenvalue weighted by Gasteiger charge is 2.19. The average Bonchev–Trinajstić information content (AvgIpc) is 3.32. The fourth-order valence-corrected chi connectivity index (χ4v) is 4.53. The predicted octanol–water partition coefficient (Wildman–Crippen LogP) is 0.929. The number of fused-ring (bicyclic) bond motifs is 1. The Bertz CT molecular complexity index is 1570. The van der Waals surface area contributed by atoms with Crippen molar-refractivity contribution >= 4 is 28.6 Å². The molecule has 0 aliphatic carbocycles. The summed E-state index contributed by atoms with van der Waals surface area (Å²) in [6.07, 6.45) is 3.08. The summed E-state index contributed by atoms with van der Waals surface area (Å²) in [4.78, 5) is 50.2. The minimum Gasteiger partial charge on any atom is -0.368 e. The number of aromatic nitrogens is 5. The van der Waals surface area contributed by atoms with Gasteiger partial charge < -0.3 is 14.8 Å². The number of pyridine rings is 1. The summed E-state index contributed by atoms with van der Waals surface area (Å²) in [5.41, 5.74) is 1.04. The second-order valence-corrected chi connectivity index (χ2v) is 9.05. The highest BCUT2D eigenvalue weighted by molar-refractivity contribution is 5.90. The molecule has 1 N–H and O–H groups in total. The van der Waals surface area contributed by atoms with Gasteiger partial charge in [0, 0.05) is 52.4 Å². The van der Waals surface area contributed by atoms with Crippen LogP contribution in [-0.4, -0.2) is 60.7 Å². The van der Waals surface area contributed by atoms with Crippen LogP contribution in [0.15, 0.2) is 58.5 Å². The van der Waals surface area contributed by atoms with Gasteiger partial charge in [-0.25, -0.2) is 19.2 Å². The van der Waals surface area contributed by atoms with Gasteiger partial charge in [-0.2, -0.15) is 0 Å². The molecule has 1 amide bonds. The molecule has 1 aliphatic heterocycles. The lowest BCUT2D eigenvalue weighted by Crippen LogP contribution is -2.46. The zero-order valence-corrected chi connectivity index (χ0v) is 20.6. The molecule has 0 saturated carbocycles. The van der Waals surface area contributed by atoms with Crippen LogP contribution < -0.4 is 21.5 Å². The number of piperazine rings is 1. The summed E-state index contributed by atoms with van der Waals surface area (Å²) in [5.74, 6) is -0.171. The summed E-state index contributed by atoms with van der Waals surface area (Å²) in [6, 6.07) is 10.5. The minimum atomic E-state index is -0.514. The summed E-state index contributed by atoms with van der Waals surface area (Å²) >= 11 is 0. The fourth-order valence-electron chi connectivity index (χ4n) is 4.53. The standard InChI is InChI=1S/C25H27FN8O3/c1-30-23-22(24(36)31(2)25(30)37)34(16-28-23)15-21(35)29-20-8-7-18(13-27-20)33-11-9-32(10-12-33)14-17-5-3-4-6-19(17)26/h3-8,13,16H,9-12,14-15H2,1-2H3,(H,27,29,35). The van der Waals surface area contributed by atoms with E-state index in [9.17, 15) is 18.8 Å². The highest BCUT2D eigenvalue weighted by atomic mass is 19.1. The number of nitrogens with one attached hydrogen (secondary N) is 1. The zero-order chi connectivity index (χ0) is 26.1. The number of anilines is 2. The SMILES string of the molecule is Cn1c(=O)c2c(ncn2CC(=O)Nc2ccc(N3CCN(Cc4ccccc4F)CC3)cn2)n(C)c1=O. The molecule has 0 spiro atoms. The lowest BCUT2D eigenvalue weighted by Gasteiger charge is -2.36. The Balaban J connectivity index is 1.19. The van der Waals surface area contributed by atoms with Crippen molar-refractivity contribution in [1.29, 1.82) is 0 Å². The van der Waals surface area contributed by atoms with Gasteiger partial charge in [0.2, 0.25) is 5.91 Å². The van der Waals surface area contributed by atoms with Gasteiger partial charge in [0.15, 0.2) is 11.2 Å². The molecule has 1 saturated heterocycles. The number of carbonyl (C=O) groups excluding carboxylic acids is 1. The molecular weight excluding hydrogens is 479 g/mol. The third-order valence-corrected chi connectivity index (χ3v) is 6.64. The lowest BCUT2D eigenvalue weighted by molar-refractivity contribution is -0.116. The maximum Gasteiger partial charge on any atom is 0.332 e. The lowest BCUT2D eigenvalue weighted by atomic mass is 10.2. The van der Waals surface area contributed by atoms with Crippen LogP contribution in [0.25, 0.3) is 11.2 Å². The smallest absolute Gasteiger partial charge is 0.332 e. The fraction of sp³-hybridized carbons (Fsp3) is 0.320. The Kier molecular flexibility index (Phi) is 6.57. The number of hydrogen-bond acceptors (Lipinski definition) is 7. The molecule has 1 aromatic carbocycles. The molecule has 0 atom stereocenters. The van der Waals surface area contributed by atoms with Crippen molar-refractivity contribution in [2.45, 2.75) is 13.1 Å². The Morgan fingerprint density at radius 3 is 2.46 bits per heavy atom. The second-order valence-electron chi connectivity index (χ2n) is 9.05. The molecule has 0 unspecified atom stereocenters. The van der Waals surface area contributed by atoms with Crippen LogP contribution >= 0.6 is 0 Å². The number of carbonyl (C=O) groups is 1. The van der Waals surface area contributed by atoms with Crippen LogP contribution in [0, 0.1) is 5.82 Å². The highest BCUT2D eigenvalue weighted by Crippen LogP contribution is 2.19. The van der Waals surface area contributed by atoms with Gasteiger partial charge in [-0.15, -0.1) is 0 Å². The van der Waals surface area contributed by atoms with Gasteiger partial charge in [-0.3, -0.25) is 23.6 Å². The number of hydrogen-bond donors (Lipinski definition) is 1. The van der Waals surface area contributed by atoms with E-state index in [4.69, 9.17) is 0 Å². The summed E-state index contributed by atoms with van der Waals surface area (Å²) < 4.78 is 17.6. The minimum absolute atomic E-state index is 0.155. The summed E-state index contributed by atoms with van der Waals surface area (Å²) in [6.45, 7) is 3.60. The van der Waals surface area contributed by atoms with E-state index in [1.807, 2.05) is 18.2 Å². The van der Waals surface area contributed by atoms with E-state index < -0.39 is 11.2 Å². The molecule has 1 fully saturated rings. The number of nitrogens with zero attached hydrogens (tertiary/aromatic N) is 7. The van der Waals surface area contributed by atoms with E-state index in [2.05, 4.69) is 25.1 Å². The van der Waals surface area contributed by atoms with Gasteiger partial charge >= 0.3 is 5.69 Å². The van der Waals surface area contributed by atoms with Crippen molar-refractivity contribution < 1.29 is 9.18 Å². The number of amides is 1. The number of halogens is 1. The first-order valence-corrected chi connectivity index (χ1v) is 11.9. The molecule has 12 heteroatoms. The van der Waals surface area contributed by atoms with Crippen LogP contribution in [0.3, 0.4) is 0 Å². The van der Waals surface area contributed by atoms with Gasteiger partial charge in [0.05, 0.1) is 18.2 Å². The molecule has 4 aromatic rings. The third kappa shape index (κ3) is 4.87. The summed E-state index contributed by atoms with van der Waals surface area (Å²) in [7, 11) is 2.91. The van der Waals surface area contributed by atoms with E-state index in [-0.39, 0.29) is 29.4 Å². The number of benzene rings is 1. The third-order valence-electron chi connectivity index (χ3n) is 6.64. The topological polar surface area (TPSA) is 110 Å². The van der Waals surface area contributed by atoms with Crippen molar-refractivity contribution in [1.82, 2.24) is 28.6 Å². The molecule has 0 bridgehead atoms. The number of aryl methyl sites for hydroxylation is 1. The molecule has 5 rings (SSSR count). The van der Waals surface area contributed by atoms with E-state index in [1.165, 1.54) is 35.6 Å². The van der Waals surface area contributed by atoms with Crippen molar-refractivity contribution in [2.24, 2.45) is 14.1 Å². The Morgan fingerprint density at radius 1 is 1.00 bits per heavy atom. The molecule has 37 heavy (non-hydrogen) atoms. The van der Waals surface area contributed by atoms with Gasteiger partial charge in [0.1, 0.15) is 18.2 Å². The monoisotopic (exact) mass is 506 g/mol. The second kappa shape index (κ2) is 9.97. The molecule has 11 nitrogen and oxygen atoms in total. The van der Waals surface area contributed by atoms with Crippen LogP contribution in [0.5, 0.6) is 0 Å². The van der Waals surface area contributed by atoms with E-state index in [0.29, 0.717) is 17.9 Å². The molecule has 3 aromatic heterocycles. The van der Waals surface area contributed by atoms with Crippen LogP contribution in [0.2, 0.25) is 0 Å². The largest absolute Gasteiger partial charge is 0.368 e. The number of rotatable bonds is 6. The van der Waals surface area contributed by atoms with Crippen LogP contribution in [0.4, 0.5) is 15.9 Å². The Hall–Kier alpha value is -4.32. The van der Waals surface area contributed by atoms with Crippen molar-refractivity contribution in [3.63, 3.8) is 0 Å². The van der Waals surface area contributed by atoms with Gasteiger partial charge in [-0.1, -0.05) is 18.2 Å². The van der Waals surface area contributed by atoms with Crippen LogP contribution in [-0.2, 0) is 32.0 Å². The first-order chi connectivity index (χ1) is 17.8. The predicted molar refractivity (Wildman–Crippen MR) is 137 cm³/mol. The van der Waals surface area contributed by atoms with Crippen molar-refractivity contribution in [3.05, 3.63) is 81.1 Å². The first-order valence-electron chi connectivity index (χ1n) is 11.9. The molecule has 192 valence electrons. The Morgan fingerprint density at radius 2 is 1.76 bits per heavy atom. The van der Waals surface area contributed by atoms with Crippen LogP contribution in [0.1, 0.15) is 5.56 Å². The van der Waals surface area contributed by atoms with Crippen molar-refractivity contribution in [3.8, 4) is 0 Å². The maximum absolute atomic E-state index is 13.9. The van der Waals surface area contributed by atoms with E-state index >= 15 is 0 Å². The normalized spacial score (nSPS) is 14.3. The zero-order valence-electron chi connectivity index (χ0n) is 20.6. The summed E-state index contributed by atoms with van der Waals surface area (Å²) in [5, 5.41) is 2.74.